The molecule has 0 saturated heterocycles. The number of anilines is 1. The zero-order chi connectivity index (χ0) is 14.8. The third-order valence-corrected chi connectivity index (χ3v) is 5.42. The van der Waals surface area contributed by atoms with Crippen LogP contribution in [0, 0.1) is 0 Å². The van der Waals surface area contributed by atoms with Gasteiger partial charge in [0.2, 0.25) is 0 Å². The van der Waals surface area contributed by atoms with E-state index in [1.54, 1.807) is 6.20 Å². The quantitative estimate of drug-likeness (QED) is 0.764. The molecular formula is C14H12ClN3OS2. The molecule has 4 nitrogen and oxygen atoms in total. The fraction of sp³-hybridized carbons (Fsp3) is 0.143. The molecule has 0 aliphatic heterocycles. The summed E-state index contributed by atoms with van der Waals surface area (Å²) in [4.78, 5) is 18.1. The van der Waals surface area contributed by atoms with E-state index in [1.165, 1.54) is 22.7 Å². The van der Waals surface area contributed by atoms with Crippen LogP contribution in [0.5, 0.6) is 0 Å². The molecule has 0 unspecified atom stereocenters. The molecule has 0 radical (unpaired) electrons. The van der Waals surface area contributed by atoms with Crippen LogP contribution in [0.15, 0.2) is 30.5 Å². The highest BCUT2D eigenvalue weighted by Crippen LogP contribution is 2.31. The lowest BCUT2D eigenvalue weighted by atomic mass is 10.3. The van der Waals surface area contributed by atoms with Crippen molar-refractivity contribution in [2.24, 2.45) is 0 Å². The number of nitrogen functional groups attached to an aromatic ring is 1. The summed E-state index contributed by atoms with van der Waals surface area (Å²) in [5, 5.41) is 2.89. The van der Waals surface area contributed by atoms with Crippen LogP contribution < -0.4 is 11.1 Å². The average molecular weight is 338 g/mol. The fourth-order valence-electron chi connectivity index (χ4n) is 1.98. The minimum atomic E-state index is -0.154. The van der Waals surface area contributed by atoms with Crippen molar-refractivity contribution in [3.8, 4) is 0 Å². The summed E-state index contributed by atoms with van der Waals surface area (Å²) in [6, 6.07) is 7.57. The molecule has 3 rings (SSSR count). The number of aromatic nitrogens is 1. The second-order valence-electron chi connectivity index (χ2n) is 4.41. The van der Waals surface area contributed by atoms with E-state index in [2.05, 4.69) is 10.3 Å². The van der Waals surface area contributed by atoms with Gasteiger partial charge in [0, 0.05) is 17.6 Å². The number of fused-ring (bicyclic) bond motifs is 1. The van der Waals surface area contributed by atoms with Crippen molar-refractivity contribution in [2.75, 3.05) is 12.3 Å². The van der Waals surface area contributed by atoms with Gasteiger partial charge in [0.05, 0.1) is 14.7 Å². The first-order chi connectivity index (χ1) is 10.1. The lowest BCUT2D eigenvalue weighted by Crippen LogP contribution is -2.25. The predicted octanol–water partition coefficient (Wildman–Crippen LogP) is 3.57. The molecule has 0 aromatic carbocycles. The van der Waals surface area contributed by atoms with Crippen LogP contribution in [-0.4, -0.2) is 17.4 Å². The summed E-state index contributed by atoms with van der Waals surface area (Å²) < 4.78 is 1.68. The van der Waals surface area contributed by atoms with Crippen molar-refractivity contribution in [1.82, 2.24) is 10.3 Å². The first-order valence-corrected chi connectivity index (χ1v) is 8.31. The van der Waals surface area contributed by atoms with Gasteiger partial charge in [-0.15, -0.1) is 22.7 Å². The van der Waals surface area contributed by atoms with Crippen LogP contribution in [0.1, 0.15) is 14.5 Å². The fourth-order valence-corrected chi connectivity index (χ4v) is 4.07. The summed E-state index contributed by atoms with van der Waals surface area (Å²) >= 11 is 8.76. The molecular weight excluding hydrogens is 326 g/mol. The van der Waals surface area contributed by atoms with Gasteiger partial charge in [-0.3, -0.25) is 9.78 Å². The van der Waals surface area contributed by atoms with E-state index in [0.29, 0.717) is 22.6 Å². The molecule has 3 N–H and O–H groups in total. The number of amides is 1. The van der Waals surface area contributed by atoms with Crippen LogP contribution in [0.25, 0.3) is 10.2 Å². The van der Waals surface area contributed by atoms with Gasteiger partial charge in [-0.1, -0.05) is 11.6 Å². The molecule has 0 aliphatic rings. The van der Waals surface area contributed by atoms with Crippen molar-refractivity contribution in [3.63, 3.8) is 0 Å². The minimum absolute atomic E-state index is 0.154. The summed E-state index contributed by atoms with van der Waals surface area (Å²) in [7, 11) is 0. The maximum atomic E-state index is 12.2. The largest absolute Gasteiger partial charge is 0.396 e. The third kappa shape index (κ3) is 3.02. The van der Waals surface area contributed by atoms with E-state index in [4.69, 9.17) is 17.3 Å². The Balaban J connectivity index is 1.68. The molecule has 0 bridgehead atoms. The maximum absolute atomic E-state index is 12.2. The van der Waals surface area contributed by atoms with Crippen molar-refractivity contribution in [2.45, 2.75) is 6.42 Å². The SMILES string of the molecule is Nc1c(C(=O)NCCc2ccc(Cl)s2)sc2cccnc12. The highest BCUT2D eigenvalue weighted by atomic mass is 35.5. The van der Waals surface area contributed by atoms with Crippen LogP contribution in [0.2, 0.25) is 4.34 Å². The van der Waals surface area contributed by atoms with Crippen molar-refractivity contribution in [3.05, 3.63) is 44.6 Å². The van der Waals surface area contributed by atoms with Gasteiger partial charge < -0.3 is 11.1 Å². The Labute approximate surface area is 134 Å². The number of hydrogen-bond acceptors (Lipinski definition) is 5. The molecule has 1 amide bonds. The first-order valence-electron chi connectivity index (χ1n) is 6.30. The van der Waals surface area contributed by atoms with Crippen molar-refractivity contribution < 1.29 is 4.79 Å². The topological polar surface area (TPSA) is 68.0 Å². The van der Waals surface area contributed by atoms with Crippen molar-refractivity contribution in [1.29, 1.82) is 0 Å². The summed E-state index contributed by atoms with van der Waals surface area (Å²) in [6.45, 7) is 0.552. The standard InChI is InChI=1S/C14H12ClN3OS2/c15-10-4-3-8(20-10)5-7-18-14(19)13-11(16)12-9(21-13)2-1-6-17-12/h1-4,6H,5,7,16H2,(H,18,19). The second-order valence-corrected chi connectivity index (χ2v) is 7.26. The molecule has 0 saturated carbocycles. The Kier molecular flexibility index (Phi) is 4.10. The first kappa shape index (κ1) is 14.3. The Morgan fingerprint density at radius 2 is 2.19 bits per heavy atom. The number of carbonyl (C=O) groups excluding carboxylic acids is 1. The molecule has 7 heteroatoms. The monoisotopic (exact) mass is 337 g/mol. The van der Waals surface area contributed by atoms with Crippen molar-refractivity contribution >= 4 is 56.1 Å². The smallest absolute Gasteiger partial charge is 0.263 e. The van der Waals surface area contributed by atoms with E-state index in [1.807, 2.05) is 24.3 Å². The van der Waals surface area contributed by atoms with Gasteiger partial charge in [-0.2, -0.15) is 0 Å². The Morgan fingerprint density at radius 3 is 2.90 bits per heavy atom. The Hall–Kier alpha value is -1.63. The van der Waals surface area contributed by atoms with E-state index in [0.717, 1.165) is 20.3 Å². The normalized spacial score (nSPS) is 10.9. The van der Waals surface area contributed by atoms with Gasteiger partial charge in [-0.05, 0) is 30.7 Å². The molecule has 21 heavy (non-hydrogen) atoms. The molecule has 0 atom stereocenters. The van der Waals surface area contributed by atoms with Gasteiger partial charge >= 0.3 is 0 Å². The molecule has 0 aliphatic carbocycles. The van der Waals surface area contributed by atoms with E-state index in [9.17, 15) is 4.79 Å². The number of nitrogens with two attached hydrogens (primary N) is 1. The lowest BCUT2D eigenvalue weighted by molar-refractivity contribution is 0.0959. The number of halogens is 1. The number of rotatable bonds is 4. The number of nitrogens with one attached hydrogen (secondary N) is 1. The third-order valence-electron chi connectivity index (χ3n) is 2.97. The molecule has 3 aromatic rings. The number of thiophene rings is 2. The number of nitrogens with zero attached hydrogens (tertiary/aromatic N) is 1. The highest BCUT2D eigenvalue weighted by molar-refractivity contribution is 7.21. The number of pyridine rings is 1. The highest BCUT2D eigenvalue weighted by Gasteiger charge is 2.16. The second kappa shape index (κ2) is 6.01. The molecule has 3 aromatic heterocycles. The van der Waals surface area contributed by atoms with E-state index < -0.39 is 0 Å². The zero-order valence-electron chi connectivity index (χ0n) is 10.9. The number of hydrogen-bond donors (Lipinski definition) is 2. The lowest BCUT2D eigenvalue weighted by Gasteiger charge is -2.03. The van der Waals surface area contributed by atoms with Crippen LogP contribution in [-0.2, 0) is 6.42 Å². The molecule has 3 heterocycles. The molecule has 0 spiro atoms. The minimum Gasteiger partial charge on any atom is -0.396 e. The van der Waals surface area contributed by atoms with Crippen LogP contribution in [0.4, 0.5) is 5.69 Å². The van der Waals surface area contributed by atoms with Gasteiger partial charge in [-0.25, -0.2) is 0 Å². The summed E-state index contributed by atoms with van der Waals surface area (Å²) in [6.07, 6.45) is 2.43. The Morgan fingerprint density at radius 1 is 1.33 bits per heavy atom. The van der Waals surface area contributed by atoms with Gasteiger partial charge in [0.15, 0.2) is 0 Å². The van der Waals surface area contributed by atoms with Gasteiger partial charge in [0.25, 0.3) is 5.91 Å². The van der Waals surface area contributed by atoms with E-state index in [-0.39, 0.29) is 5.91 Å². The summed E-state index contributed by atoms with van der Waals surface area (Å²) in [5.41, 5.74) is 7.14. The van der Waals surface area contributed by atoms with Gasteiger partial charge in [0.1, 0.15) is 10.4 Å². The Bertz CT molecular complexity index is 796. The maximum Gasteiger partial charge on any atom is 0.263 e. The van der Waals surface area contributed by atoms with Crippen LogP contribution in [0.3, 0.4) is 0 Å². The van der Waals surface area contributed by atoms with Crippen LogP contribution >= 0.6 is 34.3 Å². The summed E-state index contributed by atoms with van der Waals surface area (Å²) in [5.74, 6) is -0.154. The van der Waals surface area contributed by atoms with E-state index >= 15 is 0 Å². The molecule has 108 valence electrons. The number of carbonyl (C=O) groups is 1. The average Bonchev–Trinajstić information content (AvgIpc) is 3.03. The predicted molar refractivity (Wildman–Crippen MR) is 89.4 cm³/mol. The molecule has 0 fully saturated rings. The zero-order valence-corrected chi connectivity index (χ0v) is 13.3.